The maximum atomic E-state index is 12.7. The van der Waals surface area contributed by atoms with Crippen molar-refractivity contribution >= 4 is 5.91 Å². The first-order chi connectivity index (χ1) is 7.30. The van der Waals surface area contributed by atoms with E-state index >= 15 is 0 Å². The lowest BCUT2D eigenvalue weighted by atomic mass is 9.94. The number of halogens is 2. The number of hydrogen-bond acceptors (Lipinski definition) is 2. The molecular formula is C11H17F2NO2. The Morgan fingerprint density at radius 3 is 2.50 bits per heavy atom. The highest BCUT2D eigenvalue weighted by atomic mass is 19.3. The van der Waals surface area contributed by atoms with Crippen LogP contribution in [0.15, 0.2) is 0 Å². The molecule has 2 aliphatic rings. The summed E-state index contributed by atoms with van der Waals surface area (Å²) in [5.74, 6) is -4.38. The van der Waals surface area contributed by atoms with E-state index in [0.717, 1.165) is 0 Å². The molecule has 2 atom stereocenters. The maximum Gasteiger partial charge on any atom is 0.260 e. The van der Waals surface area contributed by atoms with E-state index in [4.69, 9.17) is 4.74 Å². The third-order valence-corrected chi connectivity index (χ3v) is 3.19. The molecule has 0 bridgehead atoms. The second-order valence-corrected chi connectivity index (χ2v) is 5.32. The number of alkyl halides is 2. The van der Waals surface area contributed by atoms with Crippen LogP contribution in [0.1, 0.15) is 33.1 Å². The fraction of sp³-hybridized carbons (Fsp3) is 0.909. The van der Waals surface area contributed by atoms with Crippen LogP contribution in [0.3, 0.4) is 0 Å². The molecule has 2 fully saturated rings. The standard InChI is InChI=1S/C11H17F2NO2/c1-10(2)5-7(3-4-16-10)14-9(15)8-6-11(8,12)13/h7-8H,3-6H2,1-2H3,(H,14,15)/t7-,8-/m1/s1. The quantitative estimate of drug-likeness (QED) is 0.788. The van der Waals surface area contributed by atoms with Crippen LogP contribution in [0, 0.1) is 5.92 Å². The molecule has 0 radical (unpaired) electrons. The third kappa shape index (κ3) is 2.51. The average molecular weight is 233 g/mol. The normalized spacial score (nSPS) is 35.5. The number of nitrogens with one attached hydrogen (secondary N) is 1. The van der Waals surface area contributed by atoms with E-state index in [1.807, 2.05) is 13.8 Å². The second kappa shape index (κ2) is 3.65. The molecule has 0 spiro atoms. The van der Waals surface area contributed by atoms with Gasteiger partial charge in [0.2, 0.25) is 5.91 Å². The number of amides is 1. The number of hydrogen-bond donors (Lipinski definition) is 1. The molecule has 3 nitrogen and oxygen atoms in total. The van der Waals surface area contributed by atoms with Crippen molar-refractivity contribution in [1.29, 1.82) is 0 Å². The summed E-state index contributed by atoms with van der Waals surface area (Å²) in [6.45, 7) is 4.45. The van der Waals surface area contributed by atoms with Crippen molar-refractivity contribution in [3.63, 3.8) is 0 Å². The Labute approximate surface area is 93.5 Å². The Morgan fingerprint density at radius 1 is 1.38 bits per heavy atom. The molecule has 16 heavy (non-hydrogen) atoms. The Balaban J connectivity index is 1.84. The van der Waals surface area contributed by atoms with Gasteiger partial charge < -0.3 is 10.1 Å². The van der Waals surface area contributed by atoms with Crippen LogP contribution >= 0.6 is 0 Å². The Hall–Kier alpha value is -0.710. The molecule has 2 rings (SSSR count). The monoisotopic (exact) mass is 233 g/mol. The average Bonchev–Trinajstić information content (AvgIpc) is 2.73. The van der Waals surface area contributed by atoms with E-state index < -0.39 is 17.7 Å². The molecule has 92 valence electrons. The first-order valence-electron chi connectivity index (χ1n) is 5.62. The highest BCUT2D eigenvalue weighted by molar-refractivity contribution is 5.83. The molecule has 1 saturated carbocycles. The zero-order valence-electron chi connectivity index (χ0n) is 9.56. The Bertz CT molecular complexity index is 304. The fourth-order valence-electron chi connectivity index (χ4n) is 2.15. The largest absolute Gasteiger partial charge is 0.375 e. The summed E-state index contributed by atoms with van der Waals surface area (Å²) in [4.78, 5) is 11.5. The third-order valence-electron chi connectivity index (χ3n) is 3.19. The summed E-state index contributed by atoms with van der Waals surface area (Å²) in [6.07, 6.45) is 1.08. The molecule has 1 N–H and O–H groups in total. The summed E-state index contributed by atoms with van der Waals surface area (Å²) in [6, 6.07) is -0.0346. The molecule has 0 aromatic rings. The van der Waals surface area contributed by atoms with E-state index in [-0.39, 0.29) is 18.1 Å². The first kappa shape index (κ1) is 11.8. The number of ether oxygens (including phenoxy) is 1. The lowest BCUT2D eigenvalue weighted by molar-refractivity contribution is -0.127. The van der Waals surface area contributed by atoms with Gasteiger partial charge in [-0.25, -0.2) is 8.78 Å². The molecule has 0 aromatic carbocycles. The summed E-state index contributed by atoms with van der Waals surface area (Å²) in [7, 11) is 0. The van der Waals surface area contributed by atoms with Gasteiger partial charge in [0.1, 0.15) is 5.92 Å². The van der Waals surface area contributed by atoms with Gasteiger partial charge in [-0.15, -0.1) is 0 Å². The van der Waals surface area contributed by atoms with E-state index in [1.54, 1.807) is 0 Å². The maximum absolute atomic E-state index is 12.7. The molecular weight excluding hydrogens is 216 g/mol. The van der Waals surface area contributed by atoms with Crippen LogP contribution in [0.4, 0.5) is 8.78 Å². The number of rotatable bonds is 2. The highest BCUT2D eigenvalue weighted by Crippen LogP contribution is 2.48. The Kier molecular flexibility index (Phi) is 2.69. The van der Waals surface area contributed by atoms with Crippen LogP contribution in [0.5, 0.6) is 0 Å². The molecule has 1 amide bonds. The molecule has 0 unspecified atom stereocenters. The molecule has 5 heteroatoms. The van der Waals surface area contributed by atoms with E-state index in [9.17, 15) is 13.6 Å². The van der Waals surface area contributed by atoms with Crippen molar-refractivity contribution in [1.82, 2.24) is 5.32 Å². The zero-order valence-corrected chi connectivity index (χ0v) is 9.56. The minimum atomic E-state index is -2.77. The van der Waals surface area contributed by atoms with Crippen molar-refractivity contribution in [3.8, 4) is 0 Å². The summed E-state index contributed by atoms with van der Waals surface area (Å²) in [5, 5.41) is 2.69. The number of carbonyl (C=O) groups is 1. The SMILES string of the molecule is CC1(C)C[C@H](NC(=O)[C@H]2CC2(F)F)CCO1. The minimum Gasteiger partial charge on any atom is -0.375 e. The predicted octanol–water partition coefficient (Wildman–Crippen LogP) is 1.72. The van der Waals surface area contributed by atoms with Gasteiger partial charge in [0, 0.05) is 19.1 Å². The van der Waals surface area contributed by atoms with E-state index in [1.165, 1.54) is 0 Å². The summed E-state index contributed by atoms with van der Waals surface area (Å²) >= 11 is 0. The van der Waals surface area contributed by atoms with E-state index in [0.29, 0.717) is 19.4 Å². The summed E-state index contributed by atoms with van der Waals surface area (Å²) < 4.78 is 30.8. The van der Waals surface area contributed by atoms with Crippen LogP contribution < -0.4 is 5.32 Å². The topological polar surface area (TPSA) is 38.3 Å². The summed E-state index contributed by atoms with van der Waals surface area (Å²) in [5.41, 5.74) is -0.276. The lowest BCUT2D eigenvalue weighted by Gasteiger charge is -2.35. The smallest absolute Gasteiger partial charge is 0.260 e. The van der Waals surface area contributed by atoms with Gasteiger partial charge in [0.15, 0.2) is 0 Å². The van der Waals surface area contributed by atoms with Crippen LogP contribution in [-0.2, 0) is 9.53 Å². The van der Waals surface area contributed by atoms with E-state index in [2.05, 4.69) is 5.32 Å². The first-order valence-corrected chi connectivity index (χ1v) is 5.62. The van der Waals surface area contributed by atoms with Gasteiger partial charge in [0.25, 0.3) is 5.92 Å². The molecule has 0 aromatic heterocycles. The van der Waals surface area contributed by atoms with Crippen LogP contribution in [0.25, 0.3) is 0 Å². The van der Waals surface area contributed by atoms with Crippen molar-refractivity contribution in [3.05, 3.63) is 0 Å². The van der Waals surface area contributed by atoms with Crippen LogP contribution in [0.2, 0.25) is 0 Å². The van der Waals surface area contributed by atoms with Gasteiger partial charge in [-0.1, -0.05) is 0 Å². The molecule has 1 aliphatic heterocycles. The Morgan fingerprint density at radius 2 is 2.00 bits per heavy atom. The molecule has 1 saturated heterocycles. The molecule has 1 heterocycles. The van der Waals surface area contributed by atoms with Crippen molar-refractivity contribution in [2.45, 2.75) is 50.7 Å². The predicted molar refractivity (Wildman–Crippen MR) is 54.2 cm³/mol. The number of carbonyl (C=O) groups excluding carboxylic acids is 1. The lowest BCUT2D eigenvalue weighted by Crippen LogP contribution is -2.46. The van der Waals surface area contributed by atoms with Crippen LogP contribution in [-0.4, -0.2) is 30.1 Å². The molecule has 1 aliphatic carbocycles. The van der Waals surface area contributed by atoms with Gasteiger partial charge >= 0.3 is 0 Å². The van der Waals surface area contributed by atoms with Gasteiger partial charge in [-0.2, -0.15) is 0 Å². The second-order valence-electron chi connectivity index (χ2n) is 5.32. The zero-order chi connectivity index (χ0) is 12.0. The highest BCUT2D eigenvalue weighted by Gasteiger charge is 2.61. The van der Waals surface area contributed by atoms with Crippen molar-refractivity contribution in [2.24, 2.45) is 5.92 Å². The van der Waals surface area contributed by atoms with Gasteiger partial charge in [-0.3, -0.25) is 4.79 Å². The van der Waals surface area contributed by atoms with Crippen molar-refractivity contribution < 1.29 is 18.3 Å². The minimum absolute atomic E-state index is 0.0346. The van der Waals surface area contributed by atoms with Gasteiger partial charge in [-0.05, 0) is 26.7 Å². The van der Waals surface area contributed by atoms with Gasteiger partial charge in [0.05, 0.1) is 5.60 Å². The fourth-order valence-corrected chi connectivity index (χ4v) is 2.15. The van der Waals surface area contributed by atoms with Crippen molar-refractivity contribution in [2.75, 3.05) is 6.61 Å².